The Morgan fingerprint density at radius 2 is 1.41 bits per heavy atom. The summed E-state index contributed by atoms with van der Waals surface area (Å²) in [6.45, 7) is 1.97. The predicted octanol–water partition coefficient (Wildman–Crippen LogP) is 6.06. The molecule has 44 heavy (non-hydrogen) atoms. The molecule has 0 aliphatic heterocycles. The van der Waals surface area contributed by atoms with E-state index in [-0.39, 0.29) is 18.9 Å². The van der Waals surface area contributed by atoms with Crippen molar-refractivity contribution in [2.45, 2.75) is 32.4 Å². The minimum Gasteiger partial charge on any atom is -0.457 e. The topological polar surface area (TPSA) is 96.0 Å². The van der Waals surface area contributed by atoms with Crippen LogP contribution in [0.25, 0.3) is 0 Å². The van der Waals surface area contributed by atoms with Gasteiger partial charge in [-0.2, -0.15) is 0 Å². The van der Waals surface area contributed by atoms with Crippen LogP contribution in [0.1, 0.15) is 24.5 Å². The Kier molecular flexibility index (Phi) is 11.4. The van der Waals surface area contributed by atoms with E-state index in [0.717, 1.165) is 28.1 Å². The van der Waals surface area contributed by atoms with E-state index in [9.17, 15) is 18.0 Å². The second-order valence-electron chi connectivity index (χ2n) is 10.3. The van der Waals surface area contributed by atoms with Crippen molar-refractivity contribution < 1.29 is 22.7 Å². The standard InChI is InChI=1S/C34H36ClN3O5S/c1-3-22-36-34(40)32(23-26-10-6-4-7-11-26)37(24-27-14-16-28(35)17-15-27)33(39)25-38(44(2,41)42)29-18-20-31(21-19-29)43-30-12-8-5-9-13-30/h4-21,32H,3,22-25H2,1-2H3,(H,36,40)/t32-/m0/s1. The smallest absolute Gasteiger partial charge is 0.244 e. The molecule has 230 valence electrons. The van der Waals surface area contributed by atoms with Gasteiger partial charge in [-0.1, -0.05) is 79.2 Å². The lowest BCUT2D eigenvalue weighted by atomic mass is 10.0. The number of anilines is 1. The lowest BCUT2D eigenvalue weighted by Crippen LogP contribution is -2.53. The van der Waals surface area contributed by atoms with Gasteiger partial charge in [-0.25, -0.2) is 8.42 Å². The van der Waals surface area contributed by atoms with Gasteiger partial charge in [0.25, 0.3) is 0 Å². The SMILES string of the molecule is CCCNC(=O)[C@H](Cc1ccccc1)N(Cc1ccc(Cl)cc1)C(=O)CN(c1ccc(Oc2ccccc2)cc1)S(C)(=O)=O. The molecular weight excluding hydrogens is 598 g/mol. The lowest BCUT2D eigenvalue weighted by molar-refractivity contribution is -0.140. The van der Waals surface area contributed by atoms with Crippen molar-refractivity contribution >= 4 is 39.1 Å². The zero-order valence-electron chi connectivity index (χ0n) is 24.7. The van der Waals surface area contributed by atoms with Crippen LogP contribution in [0, 0.1) is 0 Å². The number of hydrogen-bond acceptors (Lipinski definition) is 5. The van der Waals surface area contributed by atoms with Crippen LogP contribution in [0.3, 0.4) is 0 Å². The maximum Gasteiger partial charge on any atom is 0.244 e. The summed E-state index contributed by atoms with van der Waals surface area (Å²) in [6, 6.07) is 31.2. The molecule has 0 aliphatic carbocycles. The quantitative estimate of drug-likeness (QED) is 0.182. The minimum atomic E-state index is -3.89. The fourth-order valence-electron chi connectivity index (χ4n) is 4.63. The molecule has 8 nitrogen and oxygen atoms in total. The first-order valence-electron chi connectivity index (χ1n) is 14.3. The first kappa shape index (κ1) is 32.6. The van der Waals surface area contributed by atoms with Crippen molar-refractivity contribution in [3.63, 3.8) is 0 Å². The molecule has 0 fully saturated rings. The van der Waals surface area contributed by atoms with Crippen LogP contribution < -0.4 is 14.4 Å². The summed E-state index contributed by atoms with van der Waals surface area (Å²) in [5, 5.41) is 3.46. The molecule has 0 heterocycles. The molecule has 1 N–H and O–H groups in total. The fourth-order valence-corrected chi connectivity index (χ4v) is 5.60. The van der Waals surface area contributed by atoms with E-state index in [2.05, 4.69) is 5.32 Å². The maximum absolute atomic E-state index is 14.2. The molecule has 0 saturated carbocycles. The van der Waals surface area contributed by atoms with Gasteiger partial charge in [0.1, 0.15) is 24.1 Å². The van der Waals surface area contributed by atoms with Crippen LogP contribution in [0.5, 0.6) is 11.5 Å². The number of amides is 2. The van der Waals surface area contributed by atoms with Crippen LogP contribution in [-0.2, 0) is 32.6 Å². The van der Waals surface area contributed by atoms with Gasteiger partial charge < -0.3 is 15.0 Å². The van der Waals surface area contributed by atoms with Crippen molar-refractivity contribution in [1.82, 2.24) is 10.2 Å². The van der Waals surface area contributed by atoms with Gasteiger partial charge in [-0.05, 0) is 66.1 Å². The highest BCUT2D eigenvalue weighted by molar-refractivity contribution is 7.92. The van der Waals surface area contributed by atoms with Gasteiger partial charge >= 0.3 is 0 Å². The number of nitrogens with zero attached hydrogens (tertiary/aromatic N) is 2. The molecule has 0 spiro atoms. The number of sulfonamides is 1. The van der Waals surface area contributed by atoms with Crippen molar-refractivity contribution in [2.75, 3.05) is 23.7 Å². The van der Waals surface area contributed by atoms with Crippen molar-refractivity contribution in [1.29, 1.82) is 0 Å². The molecule has 10 heteroatoms. The van der Waals surface area contributed by atoms with Crippen LogP contribution >= 0.6 is 11.6 Å². The van der Waals surface area contributed by atoms with Crippen molar-refractivity contribution in [2.24, 2.45) is 0 Å². The average molecular weight is 634 g/mol. The number of carbonyl (C=O) groups excluding carboxylic acids is 2. The fraction of sp³-hybridized carbons (Fsp3) is 0.235. The average Bonchev–Trinajstić information content (AvgIpc) is 3.02. The molecule has 0 unspecified atom stereocenters. The zero-order chi connectivity index (χ0) is 31.5. The number of para-hydroxylation sites is 1. The Morgan fingerprint density at radius 1 is 0.818 bits per heavy atom. The first-order chi connectivity index (χ1) is 21.1. The Morgan fingerprint density at radius 3 is 2.00 bits per heavy atom. The number of halogens is 1. The molecule has 0 bridgehead atoms. The summed E-state index contributed by atoms with van der Waals surface area (Å²) in [7, 11) is -3.89. The zero-order valence-corrected chi connectivity index (χ0v) is 26.3. The van der Waals surface area contributed by atoms with E-state index < -0.39 is 28.5 Å². The molecule has 0 aliphatic rings. The third-order valence-corrected chi connectivity index (χ3v) is 8.26. The van der Waals surface area contributed by atoms with E-state index in [1.54, 1.807) is 48.5 Å². The summed E-state index contributed by atoms with van der Waals surface area (Å²) in [5.41, 5.74) is 1.91. The van der Waals surface area contributed by atoms with Gasteiger partial charge in [0, 0.05) is 24.5 Å². The number of rotatable bonds is 14. The second-order valence-corrected chi connectivity index (χ2v) is 12.7. The van der Waals surface area contributed by atoms with Crippen LogP contribution in [-0.4, -0.2) is 50.5 Å². The number of benzene rings is 4. The van der Waals surface area contributed by atoms with E-state index in [0.29, 0.717) is 28.8 Å². The molecule has 4 aromatic carbocycles. The Balaban J connectivity index is 1.66. The third kappa shape index (κ3) is 9.33. The van der Waals surface area contributed by atoms with Crippen molar-refractivity contribution in [3.8, 4) is 11.5 Å². The lowest BCUT2D eigenvalue weighted by Gasteiger charge is -2.33. The first-order valence-corrected chi connectivity index (χ1v) is 16.5. The van der Waals surface area contributed by atoms with Gasteiger partial charge in [0.2, 0.25) is 21.8 Å². The number of carbonyl (C=O) groups is 2. The van der Waals surface area contributed by atoms with E-state index >= 15 is 0 Å². The number of nitrogens with one attached hydrogen (secondary N) is 1. The van der Waals surface area contributed by atoms with Gasteiger partial charge in [-0.15, -0.1) is 0 Å². The highest BCUT2D eigenvalue weighted by Crippen LogP contribution is 2.26. The Labute approximate surface area is 264 Å². The second kappa shape index (κ2) is 15.4. The minimum absolute atomic E-state index is 0.0779. The molecule has 4 rings (SSSR count). The maximum atomic E-state index is 14.2. The summed E-state index contributed by atoms with van der Waals surface area (Å²) in [4.78, 5) is 29.2. The summed E-state index contributed by atoms with van der Waals surface area (Å²) < 4.78 is 32.9. The molecule has 1 atom stereocenters. The largest absolute Gasteiger partial charge is 0.457 e. The molecular formula is C34H36ClN3O5S. The van der Waals surface area contributed by atoms with Gasteiger partial charge in [0.15, 0.2) is 0 Å². The highest BCUT2D eigenvalue weighted by Gasteiger charge is 2.33. The van der Waals surface area contributed by atoms with Crippen LogP contribution in [0.2, 0.25) is 5.02 Å². The molecule has 0 saturated heterocycles. The monoisotopic (exact) mass is 633 g/mol. The van der Waals surface area contributed by atoms with E-state index in [1.165, 1.54) is 4.90 Å². The normalized spacial score (nSPS) is 11.8. The predicted molar refractivity (Wildman–Crippen MR) is 174 cm³/mol. The third-order valence-electron chi connectivity index (χ3n) is 6.87. The van der Waals surface area contributed by atoms with Crippen molar-refractivity contribution in [3.05, 3.63) is 125 Å². The Bertz CT molecular complexity index is 1620. The van der Waals surface area contributed by atoms with E-state index in [4.69, 9.17) is 16.3 Å². The number of hydrogen-bond donors (Lipinski definition) is 1. The van der Waals surface area contributed by atoms with Gasteiger partial charge in [0.05, 0.1) is 11.9 Å². The van der Waals surface area contributed by atoms with Crippen LogP contribution in [0.4, 0.5) is 5.69 Å². The Hall–Kier alpha value is -4.34. The molecule has 0 aromatic heterocycles. The molecule has 2 amide bonds. The van der Waals surface area contributed by atoms with E-state index in [1.807, 2.05) is 67.6 Å². The number of ether oxygens (including phenoxy) is 1. The summed E-state index contributed by atoms with van der Waals surface area (Å²) in [5.74, 6) is 0.313. The molecule has 0 radical (unpaired) electrons. The molecule has 4 aromatic rings. The summed E-state index contributed by atoms with van der Waals surface area (Å²) >= 11 is 6.10. The highest BCUT2D eigenvalue weighted by atomic mass is 35.5. The van der Waals surface area contributed by atoms with Gasteiger partial charge in [-0.3, -0.25) is 13.9 Å². The van der Waals surface area contributed by atoms with Crippen LogP contribution in [0.15, 0.2) is 109 Å². The summed E-state index contributed by atoms with van der Waals surface area (Å²) in [6.07, 6.45) is 2.02.